The molecule has 37 heavy (non-hydrogen) atoms. The first kappa shape index (κ1) is 24.4. The summed E-state index contributed by atoms with van der Waals surface area (Å²) in [6, 6.07) is 26.8. The van der Waals surface area contributed by atoms with Crippen LogP contribution in [0.5, 0.6) is 0 Å². The maximum atomic E-state index is 13.6. The fourth-order valence-electron chi connectivity index (χ4n) is 4.15. The fourth-order valence-corrected chi connectivity index (χ4v) is 5.14. The molecule has 4 aromatic rings. The second-order valence-corrected chi connectivity index (χ2v) is 9.89. The number of para-hydroxylation sites is 2. The van der Waals surface area contributed by atoms with Crippen molar-refractivity contribution < 1.29 is 4.79 Å². The molecule has 8 heteroatoms. The number of amidine groups is 1. The van der Waals surface area contributed by atoms with Crippen LogP contribution in [0.3, 0.4) is 0 Å². The number of aliphatic imine (C=N–C) groups is 1. The van der Waals surface area contributed by atoms with E-state index < -0.39 is 0 Å². The van der Waals surface area contributed by atoms with Gasteiger partial charge in [0.05, 0.1) is 22.0 Å². The third kappa shape index (κ3) is 4.63. The summed E-state index contributed by atoms with van der Waals surface area (Å²) in [5.74, 6) is -0.177. The van der Waals surface area contributed by atoms with Gasteiger partial charge < -0.3 is 4.90 Å². The largest absolute Gasteiger partial charge is 0.378 e. The molecule has 0 N–H and O–H groups in total. The highest BCUT2D eigenvalue weighted by molar-refractivity contribution is 8.19. The van der Waals surface area contributed by atoms with Crippen molar-refractivity contribution in [2.24, 2.45) is 12.0 Å². The molecule has 186 valence electrons. The normalized spacial score (nSPS) is 15.7. The van der Waals surface area contributed by atoms with Crippen molar-refractivity contribution in [1.82, 2.24) is 9.36 Å². The molecule has 2 heterocycles. The Kier molecular flexibility index (Phi) is 6.58. The van der Waals surface area contributed by atoms with Crippen LogP contribution in [0.2, 0.25) is 0 Å². The van der Waals surface area contributed by atoms with Crippen molar-refractivity contribution >= 4 is 46.0 Å². The van der Waals surface area contributed by atoms with Crippen LogP contribution in [0.25, 0.3) is 11.8 Å². The minimum absolute atomic E-state index is 0.177. The van der Waals surface area contributed by atoms with Crippen LogP contribution in [0.15, 0.2) is 99.6 Å². The predicted molar refractivity (Wildman–Crippen MR) is 153 cm³/mol. The van der Waals surface area contributed by atoms with E-state index in [1.807, 2.05) is 124 Å². The van der Waals surface area contributed by atoms with E-state index in [0.717, 1.165) is 16.9 Å². The number of anilines is 2. The Morgan fingerprint density at radius 1 is 0.838 bits per heavy atom. The first-order valence-electron chi connectivity index (χ1n) is 11.8. The van der Waals surface area contributed by atoms with Crippen molar-refractivity contribution in [2.75, 3.05) is 23.9 Å². The maximum absolute atomic E-state index is 13.6. The highest BCUT2D eigenvalue weighted by atomic mass is 32.2. The van der Waals surface area contributed by atoms with Crippen LogP contribution in [0.4, 0.5) is 17.1 Å². The molecule has 0 radical (unpaired) electrons. The van der Waals surface area contributed by atoms with Gasteiger partial charge in [-0.1, -0.05) is 48.5 Å². The summed E-state index contributed by atoms with van der Waals surface area (Å²) in [5.41, 5.74) is 4.21. The SMILES string of the molecule is Cc1c(N=C2SC(=Cc3ccc(N(C)C)cc3)C(=O)N2c2ccccc2)c(=O)n(-c2ccccc2)n1C. The van der Waals surface area contributed by atoms with Crippen molar-refractivity contribution in [3.63, 3.8) is 0 Å². The van der Waals surface area contributed by atoms with Crippen LogP contribution in [-0.2, 0) is 11.8 Å². The van der Waals surface area contributed by atoms with Crippen LogP contribution in [0.1, 0.15) is 11.3 Å². The van der Waals surface area contributed by atoms with Crippen LogP contribution >= 0.6 is 11.8 Å². The van der Waals surface area contributed by atoms with Crippen LogP contribution < -0.4 is 15.4 Å². The molecule has 0 spiro atoms. The van der Waals surface area contributed by atoms with Crippen LogP contribution in [0, 0.1) is 6.92 Å². The van der Waals surface area contributed by atoms with Gasteiger partial charge in [-0.25, -0.2) is 9.67 Å². The molecule has 1 aromatic heterocycles. The Balaban J connectivity index is 1.60. The number of amides is 1. The van der Waals surface area contributed by atoms with E-state index in [-0.39, 0.29) is 11.5 Å². The molecule has 0 saturated carbocycles. The number of nitrogens with zero attached hydrogens (tertiary/aromatic N) is 5. The van der Waals surface area contributed by atoms with E-state index in [1.165, 1.54) is 11.8 Å². The molecule has 0 aliphatic carbocycles. The zero-order valence-electron chi connectivity index (χ0n) is 21.1. The number of hydrogen-bond donors (Lipinski definition) is 0. The number of carbonyl (C=O) groups is 1. The van der Waals surface area contributed by atoms with Gasteiger partial charge in [-0.05, 0) is 66.7 Å². The van der Waals surface area contributed by atoms with Crippen molar-refractivity contribution in [3.8, 4) is 5.69 Å². The summed E-state index contributed by atoms with van der Waals surface area (Å²) in [5, 5.41) is 0.443. The molecule has 1 aliphatic rings. The number of carbonyl (C=O) groups excluding carboxylic acids is 1. The lowest BCUT2D eigenvalue weighted by molar-refractivity contribution is -0.113. The van der Waals surface area contributed by atoms with E-state index in [1.54, 1.807) is 14.3 Å². The molecule has 5 rings (SSSR count). The molecule has 0 atom stereocenters. The lowest BCUT2D eigenvalue weighted by atomic mass is 10.2. The number of aromatic nitrogens is 2. The highest BCUT2D eigenvalue weighted by Gasteiger charge is 2.35. The number of benzene rings is 3. The summed E-state index contributed by atoms with van der Waals surface area (Å²) >= 11 is 1.27. The van der Waals surface area contributed by atoms with Gasteiger partial charge in [-0.2, -0.15) is 0 Å². The van der Waals surface area contributed by atoms with E-state index in [0.29, 0.717) is 27.1 Å². The Bertz CT molecular complexity index is 1570. The molecule has 7 nitrogen and oxygen atoms in total. The average molecular weight is 510 g/mol. The lowest BCUT2D eigenvalue weighted by Crippen LogP contribution is -2.29. The van der Waals surface area contributed by atoms with Gasteiger partial charge in [0.1, 0.15) is 0 Å². The summed E-state index contributed by atoms with van der Waals surface area (Å²) in [6.07, 6.45) is 1.87. The van der Waals surface area contributed by atoms with Gasteiger partial charge in [0, 0.05) is 26.8 Å². The Morgan fingerprint density at radius 2 is 1.43 bits per heavy atom. The standard InChI is InChI=1S/C29H27N5O2S/c1-20-26(28(36)34(32(20)4)24-13-9-6-10-14-24)30-29-33(23-11-7-5-8-12-23)27(35)25(37-29)19-21-15-17-22(18-16-21)31(2)3/h5-19H,1-4H3. The second-order valence-electron chi connectivity index (χ2n) is 8.88. The van der Waals surface area contributed by atoms with E-state index in [9.17, 15) is 9.59 Å². The minimum Gasteiger partial charge on any atom is -0.378 e. The predicted octanol–water partition coefficient (Wildman–Crippen LogP) is 5.36. The molecular weight excluding hydrogens is 482 g/mol. The molecule has 1 amide bonds. The quantitative estimate of drug-likeness (QED) is 0.340. The van der Waals surface area contributed by atoms with Crippen molar-refractivity contribution in [1.29, 1.82) is 0 Å². The molecule has 0 bridgehead atoms. The van der Waals surface area contributed by atoms with Crippen molar-refractivity contribution in [3.05, 3.63) is 111 Å². The molecule has 0 unspecified atom stereocenters. The van der Waals surface area contributed by atoms with Gasteiger partial charge in [0.15, 0.2) is 10.9 Å². The number of thioether (sulfide) groups is 1. The average Bonchev–Trinajstić information content (AvgIpc) is 3.32. The third-order valence-electron chi connectivity index (χ3n) is 6.26. The highest BCUT2D eigenvalue weighted by Crippen LogP contribution is 2.37. The molecule has 3 aromatic carbocycles. The van der Waals surface area contributed by atoms with Gasteiger partial charge in [0.2, 0.25) is 0 Å². The summed E-state index contributed by atoms with van der Waals surface area (Å²) in [6.45, 7) is 1.86. The summed E-state index contributed by atoms with van der Waals surface area (Å²) < 4.78 is 3.38. The number of hydrogen-bond acceptors (Lipinski definition) is 5. The lowest BCUT2D eigenvalue weighted by Gasteiger charge is -2.15. The maximum Gasteiger partial charge on any atom is 0.297 e. The van der Waals surface area contributed by atoms with Crippen LogP contribution in [-0.4, -0.2) is 34.5 Å². The minimum atomic E-state index is -0.239. The topological polar surface area (TPSA) is 62.8 Å². The zero-order chi connectivity index (χ0) is 26.1. The monoisotopic (exact) mass is 509 g/mol. The van der Waals surface area contributed by atoms with E-state index in [2.05, 4.69) is 0 Å². The van der Waals surface area contributed by atoms with Gasteiger partial charge in [-0.3, -0.25) is 19.2 Å². The Labute approximate surface area is 220 Å². The molecule has 1 aliphatic heterocycles. The molecule has 1 fully saturated rings. The van der Waals surface area contributed by atoms with E-state index >= 15 is 0 Å². The molecule has 1 saturated heterocycles. The molecular formula is C29H27N5O2S. The second kappa shape index (κ2) is 9.99. The van der Waals surface area contributed by atoms with Gasteiger partial charge in [0.25, 0.3) is 11.5 Å². The Hall–Kier alpha value is -4.30. The van der Waals surface area contributed by atoms with Gasteiger partial charge in [-0.15, -0.1) is 0 Å². The summed E-state index contributed by atoms with van der Waals surface area (Å²) in [4.78, 5) is 36.0. The first-order chi connectivity index (χ1) is 17.8. The van der Waals surface area contributed by atoms with Crippen molar-refractivity contribution in [2.45, 2.75) is 6.92 Å². The smallest absolute Gasteiger partial charge is 0.297 e. The van der Waals surface area contributed by atoms with Gasteiger partial charge >= 0.3 is 0 Å². The third-order valence-corrected chi connectivity index (χ3v) is 7.23. The Morgan fingerprint density at radius 3 is 2.03 bits per heavy atom. The fraction of sp³-hybridized carbons (Fsp3) is 0.138. The number of rotatable bonds is 5. The van der Waals surface area contributed by atoms with E-state index in [4.69, 9.17) is 4.99 Å². The summed E-state index contributed by atoms with van der Waals surface area (Å²) in [7, 11) is 5.81. The first-order valence-corrected chi connectivity index (χ1v) is 12.7. The zero-order valence-corrected chi connectivity index (χ0v) is 21.9.